The maximum absolute atomic E-state index is 13.2. The highest BCUT2D eigenvalue weighted by molar-refractivity contribution is 7.10. The lowest BCUT2D eigenvalue weighted by Gasteiger charge is -2.23. The third-order valence-corrected chi connectivity index (χ3v) is 6.30. The van der Waals surface area contributed by atoms with Crippen LogP contribution in [-0.2, 0) is 11.3 Å². The maximum Gasteiger partial charge on any atom is 0.258 e. The first-order chi connectivity index (χ1) is 15.6. The molecule has 0 saturated carbocycles. The van der Waals surface area contributed by atoms with Gasteiger partial charge in [0, 0.05) is 11.3 Å². The summed E-state index contributed by atoms with van der Waals surface area (Å²) in [4.78, 5) is 35.8. The molecular weight excluding hydrogens is 426 g/mol. The summed E-state index contributed by atoms with van der Waals surface area (Å²) in [6.45, 7) is 0.464. The van der Waals surface area contributed by atoms with E-state index in [1.54, 1.807) is 40.8 Å². The predicted molar refractivity (Wildman–Crippen MR) is 122 cm³/mol. The van der Waals surface area contributed by atoms with Crippen LogP contribution in [0.5, 0.6) is 0 Å². The van der Waals surface area contributed by atoms with Crippen LogP contribution >= 0.6 is 11.3 Å². The van der Waals surface area contributed by atoms with E-state index in [1.807, 2.05) is 47.7 Å². The van der Waals surface area contributed by atoms with Crippen molar-refractivity contribution in [2.75, 3.05) is 13.6 Å². The number of aromatic amines is 1. The summed E-state index contributed by atoms with van der Waals surface area (Å²) in [7, 11) is 1.82. The molecule has 32 heavy (non-hydrogen) atoms. The van der Waals surface area contributed by atoms with Gasteiger partial charge >= 0.3 is 0 Å². The maximum atomic E-state index is 13.2. The van der Waals surface area contributed by atoms with Crippen LogP contribution in [0.3, 0.4) is 0 Å². The van der Waals surface area contributed by atoms with Crippen LogP contribution in [0.1, 0.15) is 28.9 Å². The molecule has 1 atom stereocenters. The van der Waals surface area contributed by atoms with Gasteiger partial charge in [-0.25, -0.2) is 9.99 Å². The summed E-state index contributed by atoms with van der Waals surface area (Å²) in [5, 5.41) is 8.69. The van der Waals surface area contributed by atoms with Crippen LogP contribution in [0.2, 0.25) is 0 Å². The number of nitrogens with zero attached hydrogens (tertiary/aromatic N) is 4. The molecule has 0 unspecified atom stereocenters. The number of likely N-dealkylation sites (N-methyl/N-ethyl adjacent to an activating group) is 1. The highest BCUT2D eigenvalue weighted by Gasteiger charge is 2.34. The number of carbonyl (C=O) groups is 1. The second-order valence-electron chi connectivity index (χ2n) is 7.70. The molecule has 3 aromatic heterocycles. The average molecular weight is 448 g/mol. The first-order valence-electron chi connectivity index (χ1n) is 10.2. The van der Waals surface area contributed by atoms with E-state index in [1.165, 1.54) is 0 Å². The van der Waals surface area contributed by atoms with E-state index in [4.69, 9.17) is 4.42 Å². The van der Waals surface area contributed by atoms with E-state index in [9.17, 15) is 9.59 Å². The Morgan fingerprint density at radius 2 is 2.12 bits per heavy atom. The summed E-state index contributed by atoms with van der Waals surface area (Å²) in [6, 6.07) is 14.7. The fraction of sp³-hybridized carbons (Fsp3) is 0.217. The van der Waals surface area contributed by atoms with Crippen molar-refractivity contribution in [3.05, 3.63) is 87.0 Å². The number of fused-ring (bicyclic) bond motifs is 1. The molecule has 4 heterocycles. The molecule has 1 N–H and O–H groups in total. The quantitative estimate of drug-likeness (QED) is 0.489. The number of furan rings is 1. The summed E-state index contributed by atoms with van der Waals surface area (Å²) < 4.78 is 5.50. The van der Waals surface area contributed by atoms with Gasteiger partial charge in [-0.05, 0) is 42.8 Å². The Bertz CT molecular complexity index is 1330. The fourth-order valence-electron chi connectivity index (χ4n) is 3.86. The number of rotatable bonds is 6. The van der Waals surface area contributed by atoms with Crippen LogP contribution in [0.25, 0.3) is 10.9 Å². The SMILES string of the molecule is CN(CC(=O)N1N=C(c2ccco2)C[C@H]1c1cccs1)Cc1nc2ccccc2c(=O)[nH]1. The number of nitrogens with one attached hydrogen (secondary N) is 1. The zero-order valence-electron chi connectivity index (χ0n) is 17.4. The first kappa shape index (κ1) is 20.3. The van der Waals surface area contributed by atoms with Crippen molar-refractivity contribution in [2.24, 2.45) is 5.10 Å². The molecule has 0 saturated heterocycles. The predicted octanol–water partition coefficient (Wildman–Crippen LogP) is 3.39. The van der Waals surface area contributed by atoms with E-state index in [2.05, 4.69) is 15.1 Å². The number of hydrogen-bond acceptors (Lipinski definition) is 7. The van der Waals surface area contributed by atoms with Gasteiger partial charge in [-0.15, -0.1) is 11.3 Å². The lowest BCUT2D eigenvalue weighted by atomic mass is 10.1. The summed E-state index contributed by atoms with van der Waals surface area (Å²) in [5.74, 6) is 1.06. The van der Waals surface area contributed by atoms with Crippen LogP contribution < -0.4 is 5.56 Å². The number of hydrazone groups is 1. The molecule has 1 amide bonds. The molecule has 5 rings (SSSR count). The largest absolute Gasteiger partial charge is 0.463 e. The topological polar surface area (TPSA) is 94.8 Å². The van der Waals surface area contributed by atoms with E-state index >= 15 is 0 Å². The highest BCUT2D eigenvalue weighted by atomic mass is 32.1. The minimum atomic E-state index is -0.185. The molecule has 4 aromatic rings. The van der Waals surface area contributed by atoms with Crippen LogP contribution in [0.15, 0.2) is 74.5 Å². The van der Waals surface area contributed by atoms with Crippen molar-refractivity contribution in [3.8, 4) is 0 Å². The van der Waals surface area contributed by atoms with Gasteiger partial charge in [0.25, 0.3) is 11.5 Å². The lowest BCUT2D eigenvalue weighted by Crippen LogP contribution is -2.36. The third-order valence-electron chi connectivity index (χ3n) is 5.33. The van der Waals surface area contributed by atoms with E-state index in [-0.39, 0.29) is 24.1 Å². The van der Waals surface area contributed by atoms with Crippen molar-refractivity contribution in [3.63, 3.8) is 0 Å². The molecule has 1 aromatic carbocycles. The zero-order valence-corrected chi connectivity index (χ0v) is 18.2. The van der Waals surface area contributed by atoms with Gasteiger partial charge in [0.15, 0.2) is 0 Å². The van der Waals surface area contributed by atoms with Gasteiger partial charge in [0.05, 0.1) is 36.3 Å². The fourth-order valence-corrected chi connectivity index (χ4v) is 4.67. The first-order valence-corrected chi connectivity index (χ1v) is 11.1. The summed E-state index contributed by atoms with van der Waals surface area (Å²) >= 11 is 1.60. The number of amides is 1. The molecule has 1 aliphatic rings. The molecule has 0 fully saturated rings. The van der Waals surface area contributed by atoms with Crippen molar-refractivity contribution >= 4 is 33.9 Å². The number of H-pyrrole nitrogens is 1. The van der Waals surface area contributed by atoms with Crippen molar-refractivity contribution in [1.82, 2.24) is 19.9 Å². The lowest BCUT2D eigenvalue weighted by molar-refractivity contribution is -0.134. The van der Waals surface area contributed by atoms with Gasteiger partial charge in [-0.3, -0.25) is 14.5 Å². The second kappa shape index (κ2) is 8.52. The highest BCUT2D eigenvalue weighted by Crippen LogP contribution is 2.35. The van der Waals surface area contributed by atoms with Gasteiger partial charge in [-0.2, -0.15) is 5.10 Å². The third kappa shape index (κ3) is 4.00. The Morgan fingerprint density at radius 3 is 2.91 bits per heavy atom. The van der Waals surface area contributed by atoms with Crippen molar-refractivity contribution in [2.45, 2.75) is 19.0 Å². The molecule has 0 bridgehead atoms. The molecule has 9 heteroatoms. The Balaban J connectivity index is 1.34. The van der Waals surface area contributed by atoms with Gasteiger partial charge < -0.3 is 9.40 Å². The minimum absolute atomic E-state index is 0.129. The van der Waals surface area contributed by atoms with Crippen LogP contribution in [0.4, 0.5) is 0 Å². The second-order valence-corrected chi connectivity index (χ2v) is 8.68. The number of hydrogen-bond donors (Lipinski definition) is 1. The number of thiophene rings is 1. The average Bonchev–Trinajstić information content (AvgIpc) is 3.54. The molecule has 1 aliphatic heterocycles. The normalized spacial score (nSPS) is 16.1. The van der Waals surface area contributed by atoms with Crippen LogP contribution in [0, 0.1) is 0 Å². The van der Waals surface area contributed by atoms with Gasteiger partial charge in [-0.1, -0.05) is 18.2 Å². The molecule has 0 spiro atoms. The van der Waals surface area contributed by atoms with Gasteiger partial charge in [0.1, 0.15) is 17.3 Å². The molecular formula is C23H21N5O3S. The smallest absolute Gasteiger partial charge is 0.258 e. The molecule has 162 valence electrons. The van der Waals surface area contributed by atoms with E-state index < -0.39 is 0 Å². The minimum Gasteiger partial charge on any atom is -0.463 e. The Morgan fingerprint density at radius 1 is 1.25 bits per heavy atom. The molecule has 8 nitrogen and oxygen atoms in total. The number of para-hydroxylation sites is 1. The van der Waals surface area contributed by atoms with Crippen LogP contribution in [-0.4, -0.2) is 45.1 Å². The number of benzene rings is 1. The molecule has 0 radical (unpaired) electrons. The number of aromatic nitrogens is 2. The molecule has 0 aliphatic carbocycles. The Kier molecular flexibility index (Phi) is 5.42. The summed E-state index contributed by atoms with van der Waals surface area (Å²) in [5.41, 5.74) is 1.20. The van der Waals surface area contributed by atoms with E-state index in [0.29, 0.717) is 35.5 Å². The monoisotopic (exact) mass is 447 g/mol. The van der Waals surface area contributed by atoms with Crippen molar-refractivity contribution in [1.29, 1.82) is 0 Å². The zero-order chi connectivity index (χ0) is 22.1. The Hall–Kier alpha value is -3.56. The van der Waals surface area contributed by atoms with Gasteiger partial charge in [0.2, 0.25) is 0 Å². The standard InChI is InChI=1S/C23H21N5O3S/c1-27(13-21-24-16-7-3-2-6-15(16)23(30)25-21)14-22(29)28-18(20-9-5-11-32-20)12-17(26-28)19-8-4-10-31-19/h2-11,18H,12-14H2,1H3,(H,24,25,30)/t18-/m0/s1. The summed E-state index contributed by atoms with van der Waals surface area (Å²) in [6.07, 6.45) is 2.20. The Labute approximate surface area is 187 Å². The number of carbonyl (C=O) groups excluding carboxylic acids is 1. The van der Waals surface area contributed by atoms with E-state index in [0.717, 1.165) is 10.6 Å². The van der Waals surface area contributed by atoms with Crippen molar-refractivity contribution < 1.29 is 9.21 Å².